The second-order valence-corrected chi connectivity index (χ2v) is 7.86. The van der Waals surface area contributed by atoms with Crippen molar-refractivity contribution in [2.75, 3.05) is 12.4 Å². The molecule has 1 amide bonds. The molecule has 0 unspecified atom stereocenters. The Bertz CT molecular complexity index is 1070. The molecule has 8 nitrogen and oxygen atoms in total. The van der Waals surface area contributed by atoms with Crippen LogP contribution >= 0.6 is 11.3 Å². The highest BCUT2D eigenvalue weighted by Gasteiger charge is 2.27. The van der Waals surface area contributed by atoms with E-state index in [9.17, 15) is 9.59 Å². The van der Waals surface area contributed by atoms with E-state index in [1.54, 1.807) is 22.9 Å². The summed E-state index contributed by atoms with van der Waals surface area (Å²) in [7, 11) is 1.36. The van der Waals surface area contributed by atoms with Gasteiger partial charge in [0, 0.05) is 22.5 Å². The summed E-state index contributed by atoms with van der Waals surface area (Å²) in [6.45, 7) is 2.57. The number of nitrogens with one attached hydrogen (secondary N) is 1. The monoisotopic (exact) mass is 411 g/mol. The Morgan fingerprint density at radius 2 is 2.10 bits per heavy atom. The Morgan fingerprint density at radius 1 is 1.28 bits per heavy atom. The molecule has 2 aromatic heterocycles. The molecule has 0 spiro atoms. The lowest BCUT2D eigenvalue weighted by atomic mass is 9.95. The third kappa shape index (κ3) is 3.65. The maximum atomic E-state index is 13.0. The number of carbonyl (C=O) groups is 2. The molecule has 1 aliphatic carbocycles. The minimum Gasteiger partial charge on any atom is -0.465 e. The fraction of sp³-hybridized carbons (Fsp3) is 0.350. The molecule has 1 aromatic carbocycles. The number of thiophene rings is 1. The number of esters is 1. The summed E-state index contributed by atoms with van der Waals surface area (Å²) < 4.78 is 6.64. The van der Waals surface area contributed by atoms with Crippen molar-refractivity contribution in [3.05, 3.63) is 45.8 Å². The van der Waals surface area contributed by atoms with Gasteiger partial charge >= 0.3 is 5.97 Å². The zero-order valence-electron chi connectivity index (χ0n) is 16.3. The molecule has 1 aliphatic rings. The van der Waals surface area contributed by atoms with E-state index in [2.05, 4.69) is 20.8 Å². The van der Waals surface area contributed by atoms with Gasteiger partial charge in [-0.3, -0.25) is 4.79 Å². The first-order valence-electron chi connectivity index (χ1n) is 9.53. The molecule has 0 atom stereocenters. The first kappa shape index (κ1) is 19.3. The van der Waals surface area contributed by atoms with Crippen LogP contribution in [0.2, 0.25) is 0 Å². The highest BCUT2D eigenvalue weighted by atomic mass is 32.1. The Morgan fingerprint density at radius 3 is 2.90 bits per heavy atom. The van der Waals surface area contributed by atoms with E-state index < -0.39 is 5.97 Å². The van der Waals surface area contributed by atoms with E-state index in [0.717, 1.165) is 41.7 Å². The van der Waals surface area contributed by atoms with Crippen molar-refractivity contribution in [2.24, 2.45) is 0 Å². The lowest BCUT2D eigenvalue weighted by Crippen LogP contribution is -2.15. The van der Waals surface area contributed by atoms with Crippen LogP contribution in [0.4, 0.5) is 5.00 Å². The van der Waals surface area contributed by atoms with Crippen LogP contribution in [0.3, 0.4) is 0 Å². The van der Waals surface area contributed by atoms with Crippen molar-refractivity contribution in [3.63, 3.8) is 0 Å². The number of tetrazole rings is 1. The highest BCUT2D eigenvalue weighted by Crippen LogP contribution is 2.38. The van der Waals surface area contributed by atoms with Gasteiger partial charge < -0.3 is 10.1 Å². The normalized spacial score (nSPS) is 13.0. The largest absolute Gasteiger partial charge is 0.465 e. The van der Waals surface area contributed by atoms with E-state index in [0.29, 0.717) is 28.5 Å². The second-order valence-electron chi connectivity index (χ2n) is 6.76. The number of aryl methyl sites for hydroxylation is 2. The van der Waals surface area contributed by atoms with Gasteiger partial charge in [0.15, 0.2) is 5.82 Å². The van der Waals surface area contributed by atoms with Gasteiger partial charge in [0.05, 0.1) is 12.7 Å². The summed E-state index contributed by atoms with van der Waals surface area (Å²) in [5.74, 6) is -0.0920. The predicted molar refractivity (Wildman–Crippen MR) is 109 cm³/mol. The van der Waals surface area contributed by atoms with Crippen LogP contribution in [0.15, 0.2) is 24.3 Å². The van der Waals surface area contributed by atoms with Crippen molar-refractivity contribution in [2.45, 2.75) is 39.2 Å². The van der Waals surface area contributed by atoms with Crippen LogP contribution < -0.4 is 5.32 Å². The molecule has 3 aromatic rings. The molecule has 0 radical (unpaired) electrons. The number of aromatic nitrogens is 4. The number of anilines is 1. The molecule has 0 fully saturated rings. The summed E-state index contributed by atoms with van der Waals surface area (Å²) in [5, 5.41) is 15.2. The molecule has 0 saturated carbocycles. The van der Waals surface area contributed by atoms with Gasteiger partial charge in [0.2, 0.25) is 0 Å². The minimum absolute atomic E-state index is 0.286. The summed E-state index contributed by atoms with van der Waals surface area (Å²) in [6.07, 6.45) is 3.89. The molecule has 29 heavy (non-hydrogen) atoms. The van der Waals surface area contributed by atoms with E-state index in [-0.39, 0.29) is 5.91 Å². The van der Waals surface area contributed by atoms with Crippen molar-refractivity contribution in [3.8, 4) is 11.4 Å². The number of ether oxygens (including phenoxy) is 1. The minimum atomic E-state index is -0.407. The smallest absolute Gasteiger partial charge is 0.341 e. The molecule has 0 bridgehead atoms. The number of rotatable bonds is 5. The van der Waals surface area contributed by atoms with Crippen LogP contribution in [-0.2, 0) is 24.1 Å². The predicted octanol–water partition coefficient (Wildman–Crippen LogP) is 3.34. The summed E-state index contributed by atoms with van der Waals surface area (Å²) in [4.78, 5) is 26.5. The van der Waals surface area contributed by atoms with Crippen LogP contribution in [0, 0.1) is 0 Å². The maximum absolute atomic E-state index is 13.0. The van der Waals surface area contributed by atoms with Gasteiger partial charge in [0.1, 0.15) is 5.00 Å². The molecule has 1 N–H and O–H groups in total. The van der Waals surface area contributed by atoms with Crippen LogP contribution in [0.1, 0.15) is 50.9 Å². The summed E-state index contributed by atoms with van der Waals surface area (Å²) in [5.41, 5.74) is 2.73. The van der Waals surface area contributed by atoms with Crippen molar-refractivity contribution < 1.29 is 14.3 Å². The number of carbonyl (C=O) groups excluding carboxylic acids is 2. The quantitative estimate of drug-likeness (QED) is 0.647. The first-order valence-corrected chi connectivity index (χ1v) is 10.3. The number of benzene rings is 1. The average molecular weight is 411 g/mol. The Labute approximate surface area is 171 Å². The van der Waals surface area contributed by atoms with E-state index >= 15 is 0 Å². The van der Waals surface area contributed by atoms with Crippen LogP contribution in [-0.4, -0.2) is 39.2 Å². The van der Waals surface area contributed by atoms with Crippen LogP contribution in [0.25, 0.3) is 11.4 Å². The van der Waals surface area contributed by atoms with Gasteiger partial charge in [-0.25, -0.2) is 9.48 Å². The molecule has 0 aliphatic heterocycles. The van der Waals surface area contributed by atoms with Gasteiger partial charge in [-0.2, -0.15) is 0 Å². The Balaban J connectivity index is 1.65. The Kier molecular flexibility index (Phi) is 5.39. The van der Waals surface area contributed by atoms with Gasteiger partial charge in [-0.15, -0.1) is 16.4 Å². The number of hydrogen-bond donors (Lipinski definition) is 1. The molecule has 2 heterocycles. The molecule has 0 saturated heterocycles. The SMILES string of the molecule is CCn1nnnc1-c1cccc(C(=O)Nc2sc3c(c2C(=O)OC)CCCC3)c1. The number of amides is 1. The van der Waals surface area contributed by atoms with E-state index in [1.807, 2.05) is 13.0 Å². The van der Waals surface area contributed by atoms with Gasteiger partial charge in [-0.05, 0) is 60.7 Å². The zero-order chi connectivity index (χ0) is 20.4. The first-order chi connectivity index (χ1) is 14.1. The lowest BCUT2D eigenvalue weighted by Gasteiger charge is -2.11. The van der Waals surface area contributed by atoms with Gasteiger partial charge in [0.25, 0.3) is 5.91 Å². The molecular weight excluding hydrogens is 390 g/mol. The second kappa shape index (κ2) is 8.12. The standard InChI is InChI=1S/C20H21N5O3S/c1-3-25-17(22-23-24-25)12-7-6-8-13(11-12)18(26)21-19-16(20(27)28-2)14-9-4-5-10-15(14)29-19/h6-8,11H,3-5,9-10H2,1-2H3,(H,21,26). The van der Waals surface area contributed by atoms with E-state index in [1.165, 1.54) is 18.4 Å². The summed E-state index contributed by atoms with van der Waals surface area (Å²) >= 11 is 1.47. The number of methoxy groups -OCH3 is 1. The molecule has 150 valence electrons. The molecule has 9 heteroatoms. The van der Waals surface area contributed by atoms with Crippen molar-refractivity contribution in [1.82, 2.24) is 20.2 Å². The number of nitrogens with zero attached hydrogens (tertiary/aromatic N) is 4. The zero-order valence-corrected chi connectivity index (χ0v) is 17.1. The lowest BCUT2D eigenvalue weighted by molar-refractivity contribution is 0.0601. The van der Waals surface area contributed by atoms with Crippen molar-refractivity contribution >= 4 is 28.2 Å². The number of fused-ring (bicyclic) bond motifs is 1. The summed E-state index contributed by atoms with van der Waals surface area (Å²) in [6, 6.07) is 7.13. The van der Waals surface area contributed by atoms with Gasteiger partial charge in [-0.1, -0.05) is 12.1 Å². The molecule has 4 rings (SSSR count). The highest BCUT2D eigenvalue weighted by molar-refractivity contribution is 7.17. The topological polar surface area (TPSA) is 99.0 Å². The Hall–Kier alpha value is -3.07. The van der Waals surface area contributed by atoms with Crippen molar-refractivity contribution in [1.29, 1.82) is 0 Å². The van der Waals surface area contributed by atoms with Crippen LogP contribution in [0.5, 0.6) is 0 Å². The fourth-order valence-electron chi connectivity index (χ4n) is 3.57. The fourth-order valence-corrected chi connectivity index (χ4v) is 4.84. The third-order valence-corrected chi connectivity index (χ3v) is 6.21. The molecular formula is C20H21N5O3S. The maximum Gasteiger partial charge on any atom is 0.341 e. The number of hydrogen-bond acceptors (Lipinski definition) is 7. The third-order valence-electron chi connectivity index (χ3n) is 5.00. The average Bonchev–Trinajstić information content (AvgIpc) is 3.37. The van der Waals surface area contributed by atoms with E-state index in [4.69, 9.17) is 4.74 Å².